The van der Waals surface area contributed by atoms with Crippen molar-refractivity contribution < 1.29 is 4.74 Å². The molecular weight excluding hydrogens is 298 g/mol. The van der Waals surface area contributed by atoms with Gasteiger partial charge in [0.2, 0.25) is 0 Å². The fourth-order valence-corrected chi connectivity index (χ4v) is 1.83. The molecule has 0 atom stereocenters. The molecule has 5 heteroatoms. The highest BCUT2D eigenvalue weighted by Gasteiger charge is 2.08. The number of nitrogens with one attached hydrogen (secondary N) is 1. The summed E-state index contributed by atoms with van der Waals surface area (Å²) in [6.07, 6.45) is 6.06. The predicted octanol–water partition coefficient (Wildman–Crippen LogP) is 4.06. The van der Waals surface area contributed by atoms with E-state index >= 15 is 0 Å². The highest BCUT2D eigenvalue weighted by Crippen LogP contribution is 2.28. The number of nitrogens with zero attached hydrogens (tertiary/aromatic N) is 2. The van der Waals surface area contributed by atoms with Crippen LogP contribution in [0.1, 0.15) is 18.9 Å². The average molecular weight is 320 g/mol. The van der Waals surface area contributed by atoms with Crippen molar-refractivity contribution in [2.24, 2.45) is 0 Å². The van der Waals surface area contributed by atoms with E-state index in [1.54, 1.807) is 18.5 Å². The van der Waals surface area contributed by atoms with Gasteiger partial charge >= 0.3 is 0 Å². The summed E-state index contributed by atoms with van der Waals surface area (Å²) in [5, 5.41) is 3.16. The average Bonchev–Trinajstić information content (AvgIpc) is 2.55. The van der Waals surface area contributed by atoms with Crippen LogP contribution in [0.3, 0.4) is 0 Å². The normalized spacial score (nSPS) is 9.64. The Labute approximate surface area is 137 Å². The third kappa shape index (κ3) is 5.47. The van der Waals surface area contributed by atoms with Crippen molar-refractivity contribution in [3.05, 3.63) is 47.9 Å². The summed E-state index contributed by atoms with van der Waals surface area (Å²) in [5.41, 5.74) is 2.51. The number of aromatic nitrogens is 2. The van der Waals surface area contributed by atoms with E-state index in [4.69, 9.17) is 16.3 Å². The van der Waals surface area contributed by atoms with Crippen LogP contribution in [0.15, 0.2) is 37.2 Å². The van der Waals surface area contributed by atoms with Crippen molar-refractivity contribution in [3.8, 4) is 17.0 Å². The number of halogens is 1. The fraction of sp³-hybridized carbons (Fsp3) is 0.294. The summed E-state index contributed by atoms with van der Waals surface area (Å²) in [6.45, 7) is 6.46. The molecule has 0 saturated heterocycles. The lowest BCUT2D eigenvalue weighted by Crippen LogP contribution is -1.97. The number of ether oxygens (including phenoxy) is 1. The van der Waals surface area contributed by atoms with Gasteiger partial charge in [-0.25, -0.2) is 4.98 Å². The minimum atomic E-state index is 0.414. The molecule has 2 aromatic rings. The minimum absolute atomic E-state index is 0.414. The Morgan fingerprint density at radius 3 is 2.68 bits per heavy atom. The molecule has 0 amide bonds. The van der Waals surface area contributed by atoms with Crippen molar-refractivity contribution in [1.29, 1.82) is 0 Å². The lowest BCUT2D eigenvalue weighted by molar-refractivity contribution is 0.316. The second kappa shape index (κ2) is 9.92. The van der Waals surface area contributed by atoms with Crippen LogP contribution in [-0.2, 0) is 0 Å². The zero-order chi connectivity index (χ0) is 16.4. The zero-order valence-corrected chi connectivity index (χ0v) is 14.0. The van der Waals surface area contributed by atoms with Gasteiger partial charge in [0.25, 0.3) is 0 Å². The predicted molar refractivity (Wildman–Crippen MR) is 93.3 cm³/mol. The molecule has 2 heterocycles. The Morgan fingerprint density at radius 2 is 2.05 bits per heavy atom. The van der Waals surface area contributed by atoms with Crippen molar-refractivity contribution in [3.63, 3.8) is 0 Å². The highest BCUT2D eigenvalue weighted by molar-refractivity contribution is 6.32. The van der Waals surface area contributed by atoms with Gasteiger partial charge in [0.1, 0.15) is 10.9 Å². The first-order valence-corrected chi connectivity index (χ1v) is 7.49. The molecule has 0 fully saturated rings. The van der Waals surface area contributed by atoms with Crippen LogP contribution < -0.4 is 10.1 Å². The molecule has 2 rings (SSSR count). The topological polar surface area (TPSA) is 47.0 Å². The van der Waals surface area contributed by atoms with E-state index in [-0.39, 0.29) is 0 Å². The SMILES string of the molecule is C=Cc1ccnc(-c2cc(OCCC)cnc2Cl)c1.CNC. The van der Waals surface area contributed by atoms with Gasteiger partial charge in [0.05, 0.1) is 18.5 Å². The lowest BCUT2D eigenvalue weighted by Gasteiger charge is -2.08. The van der Waals surface area contributed by atoms with Crippen molar-refractivity contribution in [2.75, 3.05) is 20.7 Å². The van der Waals surface area contributed by atoms with Crippen LogP contribution in [0, 0.1) is 0 Å². The molecule has 0 aromatic carbocycles. The number of rotatable bonds is 5. The molecule has 4 nitrogen and oxygen atoms in total. The molecular formula is C17H22ClN3O. The molecule has 2 aromatic heterocycles. The Hall–Kier alpha value is -1.91. The third-order valence-corrected chi connectivity index (χ3v) is 2.88. The van der Waals surface area contributed by atoms with Gasteiger partial charge in [-0.05, 0) is 44.3 Å². The van der Waals surface area contributed by atoms with Gasteiger partial charge < -0.3 is 10.1 Å². The van der Waals surface area contributed by atoms with Crippen LogP contribution >= 0.6 is 11.6 Å². The van der Waals surface area contributed by atoms with Gasteiger partial charge in [-0.15, -0.1) is 0 Å². The fourth-order valence-electron chi connectivity index (χ4n) is 1.63. The molecule has 0 spiro atoms. The standard InChI is InChI=1S/C15H15ClN2O.C2H7N/c1-3-7-19-12-9-13(15(16)18-10-12)14-8-11(4-2)5-6-17-14;1-3-2/h4-6,8-10H,2-3,7H2,1H3;3H,1-2H3. The first-order chi connectivity index (χ1) is 10.7. The lowest BCUT2D eigenvalue weighted by atomic mass is 10.1. The second-order valence-electron chi connectivity index (χ2n) is 4.54. The first-order valence-electron chi connectivity index (χ1n) is 7.11. The smallest absolute Gasteiger partial charge is 0.138 e. The van der Waals surface area contributed by atoms with Crippen LogP contribution in [0.4, 0.5) is 0 Å². The van der Waals surface area contributed by atoms with Crippen LogP contribution in [-0.4, -0.2) is 30.7 Å². The van der Waals surface area contributed by atoms with Crippen molar-refractivity contribution in [1.82, 2.24) is 15.3 Å². The van der Waals surface area contributed by atoms with E-state index in [0.29, 0.717) is 17.5 Å². The molecule has 0 saturated carbocycles. The first kappa shape index (κ1) is 18.1. The Kier molecular flexibility index (Phi) is 8.18. The summed E-state index contributed by atoms with van der Waals surface area (Å²) in [5.74, 6) is 0.701. The largest absolute Gasteiger partial charge is 0.492 e. The van der Waals surface area contributed by atoms with Crippen LogP contribution in [0.2, 0.25) is 5.15 Å². The molecule has 1 N–H and O–H groups in total. The molecule has 0 radical (unpaired) electrons. The summed E-state index contributed by atoms with van der Waals surface area (Å²) in [4.78, 5) is 8.45. The molecule has 0 aliphatic rings. The maximum Gasteiger partial charge on any atom is 0.138 e. The molecule has 118 valence electrons. The van der Waals surface area contributed by atoms with Gasteiger partial charge in [0, 0.05) is 11.8 Å². The van der Waals surface area contributed by atoms with E-state index < -0.39 is 0 Å². The van der Waals surface area contributed by atoms with Crippen LogP contribution in [0.25, 0.3) is 17.3 Å². The Morgan fingerprint density at radius 1 is 1.32 bits per heavy atom. The molecule has 0 unspecified atom stereocenters. The number of pyridine rings is 2. The molecule has 0 aliphatic carbocycles. The van der Waals surface area contributed by atoms with E-state index in [9.17, 15) is 0 Å². The summed E-state index contributed by atoms with van der Waals surface area (Å²) < 4.78 is 5.56. The molecule has 0 aliphatic heterocycles. The molecule has 22 heavy (non-hydrogen) atoms. The van der Waals surface area contributed by atoms with E-state index in [1.807, 2.05) is 32.3 Å². The summed E-state index contributed by atoms with van der Waals surface area (Å²) in [7, 11) is 3.75. The van der Waals surface area contributed by atoms with Crippen molar-refractivity contribution >= 4 is 17.7 Å². The monoisotopic (exact) mass is 319 g/mol. The molecule has 0 bridgehead atoms. The van der Waals surface area contributed by atoms with Crippen LogP contribution in [0.5, 0.6) is 5.75 Å². The maximum atomic E-state index is 6.13. The Balaban J connectivity index is 0.000000745. The maximum absolute atomic E-state index is 6.13. The van der Waals surface area contributed by atoms with Crippen molar-refractivity contribution in [2.45, 2.75) is 13.3 Å². The highest BCUT2D eigenvalue weighted by atomic mass is 35.5. The Bertz CT molecular complexity index is 602. The van der Waals surface area contributed by atoms with Gasteiger partial charge in [0.15, 0.2) is 0 Å². The van der Waals surface area contributed by atoms with E-state index in [0.717, 1.165) is 23.2 Å². The summed E-state index contributed by atoms with van der Waals surface area (Å²) in [6, 6.07) is 5.66. The quantitative estimate of drug-likeness (QED) is 0.844. The van der Waals surface area contributed by atoms with Gasteiger partial charge in [-0.2, -0.15) is 0 Å². The second-order valence-corrected chi connectivity index (χ2v) is 4.89. The number of hydrogen-bond donors (Lipinski definition) is 1. The number of hydrogen-bond acceptors (Lipinski definition) is 4. The van der Waals surface area contributed by atoms with Gasteiger partial charge in [-0.3, -0.25) is 4.98 Å². The van der Waals surface area contributed by atoms with E-state index in [1.165, 1.54) is 0 Å². The van der Waals surface area contributed by atoms with E-state index in [2.05, 4.69) is 28.8 Å². The minimum Gasteiger partial charge on any atom is -0.492 e. The third-order valence-electron chi connectivity index (χ3n) is 2.58. The summed E-state index contributed by atoms with van der Waals surface area (Å²) >= 11 is 6.13. The zero-order valence-electron chi connectivity index (χ0n) is 13.3. The van der Waals surface area contributed by atoms with Gasteiger partial charge in [-0.1, -0.05) is 31.2 Å².